The van der Waals surface area contributed by atoms with Crippen LogP contribution in [0.25, 0.3) is 0 Å². The number of anilines is 1. The number of hydrogen-bond donors (Lipinski definition) is 1. The summed E-state index contributed by atoms with van der Waals surface area (Å²) in [6, 6.07) is 15.3. The second kappa shape index (κ2) is 10.9. The van der Waals surface area contributed by atoms with Crippen molar-refractivity contribution in [3.63, 3.8) is 0 Å². The molecule has 7 heteroatoms. The Hall–Kier alpha value is -2.51. The topological polar surface area (TPSA) is 69.7 Å². The highest BCUT2D eigenvalue weighted by Gasteiger charge is 2.34. The van der Waals surface area contributed by atoms with E-state index in [0.717, 1.165) is 30.4 Å². The average Bonchev–Trinajstić information content (AvgIpc) is 2.82. The highest BCUT2D eigenvalue weighted by Crippen LogP contribution is 2.26. The molecule has 1 heterocycles. The Balaban J connectivity index is 1.59. The Labute approximate surface area is 198 Å². The summed E-state index contributed by atoms with van der Waals surface area (Å²) in [6.07, 6.45) is 1.59. The molecule has 32 heavy (non-hydrogen) atoms. The SMILES string of the molecule is CCC(C=O)(CC)C(=O)Nc1cccc(C(=O)N2CCN(Cc3ccc(Br)cc3)CC2)c1. The largest absolute Gasteiger partial charge is 0.336 e. The van der Waals surface area contributed by atoms with Crippen LogP contribution in [0.2, 0.25) is 0 Å². The Morgan fingerprint density at radius 3 is 2.28 bits per heavy atom. The average molecular weight is 500 g/mol. The van der Waals surface area contributed by atoms with Crippen molar-refractivity contribution >= 4 is 39.7 Å². The Morgan fingerprint density at radius 1 is 1.03 bits per heavy atom. The fourth-order valence-corrected chi connectivity index (χ4v) is 4.18. The van der Waals surface area contributed by atoms with Crippen LogP contribution in [0.5, 0.6) is 0 Å². The summed E-state index contributed by atoms with van der Waals surface area (Å²) in [6.45, 7) is 7.46. The molecule has 1 aliphatic heterocycles. The molecule has 0 bridgehead atoms. The van der Waals surface area contributed by atoms with Gasteiger partial charge in [0.05, 0.1) is 0 Å². The molecule has 3 rings (SSSR count). The zero-order chi connectivity index (χ0) is 23.1. The molecule has 0 aromatic heterocycles. The number of carbonyl (C=O) groups excluding carboxylic acids is 3. The van der Waals surface area contributed by atoms with Crippen LogP contribution in [0.15, 0.2) is 53.0 Å². The summed E-state index contributed by atoms with van der Waals surface area (Å²) in [4.78, 5) is 41.4. The zero-order valence-electron chi connectivity index (χ0n) is 18.6. The van der Waals surface area contributed by atoms with Gasteiger partial charge in [-0.2, -0.15) is 0 Å². The van der Waals surface area contributed by atoms with Crippen molar-refractivity contribution in [2.75, 3.05) is 31.5 Å². The van der Waals surface area contributed by atoms with Crippen molar-refractivity contribution in [3.8, 4) is 0 Å². The van der Waals surface area contributed by atoms with Gasteiger partial charge in [-0.05, 0) is 48.7 Å². The minimum Gasteiger partial charge on any atom is -0.336 e. The number of nitrogens with zero attached hydrogens (tertiary/aromatic N) is 2. The van der Waals surface area contributed by atoms with E-state index in [2.05, 4.69) is 38.3 Å². The normalized spacial score (nSPS) is 14.8. The van der Waals surface area contributed by atoms with Crippen LogP contribution in [0, 0.1) is 5.41 Å². The van der Waals surface area contributed by atoms with E-state index >= 15 is 0 Å². The molecule has 0 atom stereocenters. The fraction of sp³-hybridized carbons (Fsp3) is 0.400. The zero-order valence-corrected chi connectivity index (χ0v) is 20.2. The number of halogens is 1. The molecule has 1 fully saturated rings. The van der Waals surface area contributed by atoms with E-state index in [1.165, 1.54) is 5.56 Å². The van der Waals surface area contributed by atoms with E-state index in [1.807, 2.05) is 30.9 Å². The van der Waals surface area contributed by atoms with Crippen molar-refractivity contribution in [2.45, 2.75) is 33.2 Å². The van der Waals surface area contributed by atoms with Crippen molar-refractivity contribution in [1.29, 1.82) is 0 Å². The molecule has 170 valence electrons. The summed E-state index contributed by atoms with van der Waals surface area (Å²) in [5.41, 5.74) is 1.28. The minimum absolute atomic E-state index is 0.0444. The maximum atomic E-state index is 13.0. The van der Waals surface area contributed by atoms with Gasteiger partial charge in [0.25, 0.3) is 5.91 Å². The monoisotopic (exact) mass is 499 g/mol. The summed E-state index contributed by atoms with van der Waals surface area (Å²) in [7, 11) is 0. The van der Waals surface area contributed by atoms with Gasteiger partial charge in [0.1, 0.15) is 11.7 Å². The number of aldehydes is 1. The van der Waals surface area contributed by atoms with E-state index in [0.29, 0.717) is 37.2 Å². The Bertz CT molecular complexity index is 949. The van der Waals surface area contributed by atoms with Crippen molar-refractivity contribution < 1.29 is 14.4 Å². The van der Waals surface area contributed by atoms with Crippen LogP contribution in [-0.2, 0) is 16.1 Å². The van der Waals surface area contributed by atoms with E-state index < -0.39 is 5.41 Å². The van der Waals surface area contributed by atoms with E-state index in [1.54, 1.807) is 24.3 Å². The number of hydrogen-bond acceptors (Lipinski definition) is 4. The third-order valence-corrected chi connectivity index (χ3v) is 6.81. The standard InChI is InChI=1S/C25H30BrN3O3/c1-3-25(4-2,18-30)24(32)27-22-7-5-6-20(16-22)23(31)29-14-12-28(13-15-29)17-19-8-10-21(26)11-9-19/h5-11,16,18H,3-4,12-15,17H2,1-2H3,(H,27,32). The predicted octanol–water partition coefficient (Wildman–Crippen LogP) is 4.35. The van der Waals surface area contributed by atoms with Crippen LogP contribution < -0.4 is 5.32 Å². The van der Waals surface area contributed by atoms with E-state index in [4.69, 9.17) is 0 Å². The highest BCUT2D eigenvalue weighted by atomic mass is 79.9. The molecule has 0 spiro atoms. The van der Waals surface area contributed by atoms with Gasteiger partial charge < -0.3 is 15.0 Å². The summed E-state index contributed by atoms with van der Waals surface area (Å²) < 4.78 is 1.07. The van der Waals surface area contributed by atoms with Crippen LogP contribution in [-0.4, -0.2) is 54.1 Å². The van der Waals surface area contributed by atoms with Crippen LogP contribution in [0.1, 0.15) is 42.6 Å². The van der Waals surface area contributed by atoms with Gasteiger partial charge in [-0.25, -0.2) is 0 Å². The van der Waals surface area contributed by atoms with Gasteiger partial charge in [0, 0.05) is 48.4 Å². The third kappa shape index (κ3) is 5.64. The number of rotatable bonds is 8. The summed E-state index contributed by atoms with van der Waals surface area (Å²) in [5, 5.41) is 2.82. The smallest absolute Gasteiger partial charge is 0.254 e. The van der Waals surface area contributed by atoms with Gasteiger partial charge in [-0.15, -0.1) is 0 Å². The lowest BCUT2D eigenvalue weighted by Crippen LogP contribution is -2.48. The molecule has 1 saturated heterocycles. The second-order valence-electron chi connectivity index (χ2n) is 8.21. The Kier molecular flexibility index (Phi) is 8.21. The van der Waals surface area contributed by atoms with Gasteiger partial charge in [0.15, 0.2) is 0 Å². The quantitative estimate of drug-likeness (QED) is 0.432. The summed E-state index contributed by atoms with van der Waals surface area (Å²) in [5.74, 6) is -0.374. The lowest BCUT2D eigenvalue weighted by molar-refractivity contribution is -0.132. The first-order valence-electron chi connectivity index (χ1n) is 11.0. The first-order chi connectivity index (χ1) is 15.4. The number of benzene rings is 2. The molecular weight excluding hydrogens is 470 g/mol. The molecule has 0 aliphatic carbocycles. The van der Waals surface area contributed by atoms with Gasteiger partial charge in [-0.1, -0.05) is 48.0 Å². The van der Waals surface area contributed by atoms with Crippen LogP contribution in [0.4, 0.5) is 5.69 Å². The minimum atomic E-state index is -1.04. The molecule has 1 aliphatic rings. The molecule has 2 amide bonds. The number of nitrogens with one attached hydrogen (secondary N) is 1. The molecular formula is C25H30BrN3O3. The van der Waals surface area contributed by atoms with Crippen LogP contribution >= 0.6 is 15.9 Å². The first kappa shape index (κ1) is 24.1. The first-order valence-corrected chi connectivity index (χ1v) is 11.8. The molecule has 0 unspecified atom stereocenters. The number of carbonyl (C=O) groups is 3. The molecule has 2 aromatic rings. The number of amides is 2. The summed E-state index contributed by atoms with van der Waals surface area (Å²) >= 11 is 3.46. The van der Waals surface area contributed by atoms with Crippen molar-refractivity contribution in [1.82, 2.24) is 9.80 Å². The van der Waals surface area contributed by atoms with Crippen molar-refractivity contribution in [2.24, 2.45) is 5.41 Å². The number of piperazine rings is 1. The van der Waals surface area contributed by atoms with E-state index in [-0.39, 0.29) is 11.8 Å². The maximum Gasteiger partial charge on any atom is 0.254 e. The lowest BCUT2D eigenvalue weighted by Gasteiger charge is -2.35. The highest BCUT2D eigenvalue weighted by molar-refractivity contribution is 9.10. The van der Waals surface area contributed by atoms with Gasteiger partial charge in [-0.3, -0.25) is 14.5 Å². The molecule has 0 saturated carbocycles. The molecule has 6 nitrogen and oxygen atoms in total. The fourth-order valence-electron chi connectivity index (χ4n) is 3.92. The van der Waals surface area contributed by atoms with Gasteiger partial charge in [0.2, 0.25) is 5.91 Å². The predicted molar refractivity (Wildman–Crippen MR) is 129 cm³/mol. The van der Waals surface area contributed by atoms with Crippen LogP contribution in [0.3, 0.4) is 0 Å². The molecule has 1 N–H and O–H groups in total. The third-order valence-electron chi connectivity index (χ3n) is 6.29. The van der Waals surface area contributed by atoms with E-state index in [9.17, 15) is 14.4 Å². The second-order valence-corrected chi connectivity index (χ2v) is 9.13. The molecule has 2 aromatic carbocycles. The lowest BCUT2D eigenvalue weighted by atomic mass is 9.83. The van der Waals surface area contributed by atoms with Gasteiger partial charge >= 0.3 is 0 Å². The van der Waals surface area contributed by atoms with Crippen molar-refractivity contribution in [3.05, 3.63) is 64.1 Å². The Morgan fingerprint density at radius 2 is 1.69 bits per heavy atom. The maximum absolute atomic E-state index is 13.0. The molecule has 0 radical (unpaired) electrons.